The lowest BCUT2D eigenvalue weighted by atomic mass is 10.1. The maximum Gasteiger partial charge on any atom is 0.224 e. The predicted molar refractivity (Wildman–Crippen MR) is 82.1 cm³/mol. The Hall–Kier alpha value is -2.27. The van der Waals surface area contributed by atoms with Crippen LogP contribution in [0.2, 0.25) is 0 Å². The number of carbonyl (C=O) groups excluding carboxylic acids is 1. The van der Waals surface area contributed by atoms with Crippen LogP contribution in [-0.2, 0) is 17.9 Å². The number of amides is 1. The molecule has 0 fully saturated rings. The van der Waals surface area contributed by atoms with Gasteiger partial charge < -0.3 is 20.2 Å². The fourth-order valence-electron chi connectivity index (χ4n) is 1.92. The van der Waals surface area contributed by atoms with Gasteiger partial charge in [0.2, 0.25) is 5.91 Å². The van der Waals surface area contributed by atoms with Crippen molar-refractivity contribution in [2.24, 2.45) is 0 Å². The van der Waals surface area contributed by atoms with Crippen molar-refractivity contribution in [1.82, 2.24) is 0 Å². The van der Waals surface area contributed by atoms with Crippen LogP contribution in [0.4, 0.5) is 11.4 Å². The zero-order valence-corrected chi connectivity index (χ0v) is 12.3. The summed E-state index contributed by atoms with van der Waals surface area (Å²) in [5.74, 6) is 1.29. The number of aryl methyl sites for hydroxylation is 1. The number of carbonyl (C=O) groups is 1. The van der Waals surface area contributed by atoms with Gasteiger partial charge in [-0.15, -0.1) is 0 Å². The number of hydrogen-bond donors (Lipinski definition) is 3. The molecule has 0 aliphatic carbocycles. The van der Waals surface area contributed by atoms with Crippen LogP contribution in [0.15, 0.2) is 34.7 Å². The Labute approximate surface area is 124 Å². The van der Waals surface area contributed by atoms with Crippen molar-refractivity contribution < 1.29 is 14.3 Å². The number of rotatable bonds is 6. The van der Waals surface area contributed by atoms with Gasteiger partial charge in [-0.2, -0.15) is 0 Å². The zero-order valence-electron chi connectivity index (χ0n) is 12.3. The molecule has 0 unspecified atom stereocenters. The fraction of sp³-hybridized carbons (Fsp3) is 0.312. The molecule has 1 heterocycles. The number of anilines is 2. The smallest absolute Gasteiger partial charge is 0.224 e. The average molecular weight is 288 g/mol. The lowest BCUT2D eigenvalue weighted by molar-refractivity contribution is -0.115. The molecule has 5 nitrogen and oxygen atoms in total. The van der Waals surface area contributed by atoms with E-state index in [0.717, 1.165) is 22.7 Å². The lowest BCUT2D eigenvalue weighted by Crippen LogP contribution is -2.10. The van der Waals surface area contributed by atoms with Crippen LogP contribution in [0.25, 0.3) is 0 Å². The van der Waals surface area contributed by atoms with Crippen molar-refractivity contribution in [2.45, 2.75) is 33.4 Å². The largest absolute Gasteiger partial charge is 0.462 e. The minimum atomic E-state index is -0.0996. The molecule has 0 atom stereocenters. The van der Waals surface area contributed by atoms with E-state index in [4.69, 9.17) is 9.52 Å². The normalized spacial score (nSPS) is 10.4. The monoisotopic (exact) mass is 288 g/mol. The van der Waals surface area contributed by atoms with Crippen LogP contribution < -0.4 is 10.6 Å². The van der Waals surface area contributed by atoms with E-state index in [1.165, 1.54) is 0 Å². The molecule has 2 aromatic rings. The van der Waals surface area contributed by atoms with Crippen molar-refractivity contribution in [3.8, 4) is 0 Å². The Bertz CT molecular complexity index is 620. The van der Waals surface area contributed by atoms with Crippen LogP contribution in [0.5, 0.6) is 0 Å². The molecule has 0 spiro atoms. The molecule has 5 heteroatoms. The molecule has 0 radical (unpaired) electrons. The number of hydrogen-bond acceptors (Lipinski definition) is 4. The maximum atomic E-state index is 11.4. The molecule has 0 bridgehead atoms. The van der Waals surface area contributed by atoms with Gasteiger partial charge in [-0.3, -0.25) is 4.79 Å². The number of aliphatic hydroxyl groups is 1. The van der Waals surface area contributed by atoms with Crippen LogP contribution >= 0.6 is 0 Å². The third kappa shape index (κ3) is 4.10. The van der Waals surface area contributed by atoms with Gasteiger partial charge in [0, 0.05) is 17.8 Å². The van der Waals surface area contributed by atoms with Crippen molar-refractivity contribution in [3.63, 3.8) is 0 Å². The Morgan fingerprint density at radius 1 is 1.24 bits per heavy atom. The first-order valence-corrected chi connectivity index (χ1v) is 6.95. The van der Waals surface area contributed by atoms with Gasteiger partial charge in [-0.05, 0) is 36.8 Å². The molecule has 3 N–H and O–H groups in total. The third-order valence-corrected chi connectivity index (χ3v) is 3.17. The fourth-order valence-corrected chi connectivity index (χ4v) is 1.92. The van der Waals surface area contributed by atoms with Gasteiger partial charge in [0.05, 0.1) is 6.54 Å². The van der Waals surface area contributed by atoms with E-state index in [9.17, 15) is 4.79 Å². The van der Waals surface area contributed by atoms with E-state index in [-0.39, 0.29) is 12.5 Å². The molecule has 0 aliphatic heterocycles. The third-order valence-electron chi connectivity index (χ3n) is 3.17. The molecule has 1 aromatic carbocycles. The van der Waals surface area contributed by atoms with Gasteiger partial charge >= 0.3 is 0 Å². The summed E-state index contributed by atoms with van der Waals surface area (Å²) in [6.07, 6.45) is 0.451. The molecule has 21 heavy (non-hydrogen) atoms. The summed E-state index contributed by atoms with van der Waals surface area (Å²) in [4.78, 5) is 11.4. The van der Waals surface area contributed by atoms with Crippen LogP contribution in [0.1, 0.15) is 30.4 Å². The Morgan fingerprint density at radius 3 is 2.67 bits per heavy atom. The first kappa shape index (κ1) is 15.1. The summed E-state index contributed by atoms with van der Waals surface area (Å²) in [7, 11) is 0. The Kier molecular flexibility index (Phi) is 5.00. The molecular weight excluding hydrogens is 268 g/mol. The molecule has 1 aromatic heterocycles. The van der Waals surface area contributed by atoms with Crippen LogP contribution in [0.3, 0.4) is 0 Å². The highest BCUT2D eigenvalue weighted by Gasteiger charge is 2.05. The summed E-state index contributed by atoms with van der Waals surface area (Å²) in [6, 6.07) is 9.32. The first-order chi connectivity index (χ1) is 10.1. The maximum absolute atomic E-state index is 11.4. The van der Waals surface area contributed by atoms with Crippen LogP contribution in [-0.4, -0.2) is 11.0 Å². The van der Waals surface area contributed by atoms with Gasteiger partial charge in [-0.25, -0.2) is 0 Å². The number of aliphatic hydroxyl groups excluding tert-OH is 1. The lowest BCUT2D eigenvalue weighted by Gasteiger charge is -2.11. The quantitative estimate of drug-likeness (QED) is 0.763. The molecule has 0 saturated heterocycles. The van der Waals surface area contributed by atoms with Crippen LogP contribution in [0, 0.1) is 6.92 Å². The van der Waals surface area contributed by atoms with E-state index in [1.807, 2.05) is 38.1 Å². The molecule has 2 rings (SSSR count). The topological polar surface area (TPSA) is 74.5 Å². The van der Waals surface area contributed by atoms with Gasteiger partial charge in [-0.1, -0.05) is 13.0 Å². The number of nitrogens with one attached hydrogen (secondary N) is 2. The minimum Gasteiger partial charge on any atom is -0.462 e. The van der Waals surface area contributed by atoms with E-state index in [0.29, 0.717) is 18.7 Å². The zero-order chi connectivity index (χ0) is 15.2. The second-order valence-corrected chi connectivity index (χ2v) is 4.81. The second kappa shape index (κ2) is 6.95. The molecule has 1 amide bonds. The van der Waals surface area contributed by atoms with Crippen molar-refractivity contribution in [2.75, 3.05) is 10.6 Å². The van der Waals surface area contributed by atoms with Crippen molar-refractivity contribution in [1.29, 1.82) is 0 Å². The summed E-state index contributed by atoms with van der Waals surface area (Å²) in [5.41, 5.74) is 2.79. The summed E-state index contributed by atoms with van der Waals surface area (Å²) >= 11 is 0. The van der Waals surface area contributed by atoms with Crippen molar-refractivity contribution in [3.05, 3.63) is 47.4 Å². The highest BCUT2D eigenvalue weighted by atomic mass is 16.4. The standard InChI is InChI=1S/C16H20N2O3/c1-3-16(20)18-12-5-4-11(2)15(8-12)17-9-13-6-7-14(10-19)21-13/h4-8,17,19H,3,9-10H2,1-2H3,(H,18,20). The van der Waals surface area contributed by atoms with E-state index >= 15 is 0 Å². The first-order valence-electron chi connectivity index (χ1n) is 6.95. The number of furan rings is 1. The average Bonchev–Trinajstić information content (AvgIpc) is 2.95. The van der Waals surface area contributed by atoms with E-state index in [2.05, 4.69) is 10.6 Å². The minimum absolute atomic E-state index is 0.0107. The Morgan fingerprint density at radius 2 is 2.00 bits per heavy atom. The Balaban J connectivity index is 2.04. The van der Waals surface area contributed by atoms with Gasteiger partial charge in [0.15, 0.2) is 0 Å². The summed E-state index contributed by atoms with van der Waals surface area (Å²) < 4.78 is 5.42. The van der Waals surface area contributed by atoms with E-state index < -0.39 is 0 Å². The molecule has 112 valence electrons. The molecule has 0 aliphatic rings. The van der Waals surface area contributed by atoms with Gasteiger partial charge in [0.25, 0.3) is 0 Å². The molecule has 0 saturated carbocycles. The SMILES string of the molecule is CCC(=O)Nc1ccc(C)c(NCc2ccc(CO)o2)c1. The highest BCUT2D eigenvalue weighted by molar-refractivity contribution is 5.91. The molecular formula is C16H20N2O3. The number of benzene rings is 1. The highest BCUT2D eigenvalue weighted by Crippen LogP contribution is 2.21. The van der Waals surface area contributed by atoms with Crippen molar-refractivity contribution >= 4 is 17.3 Å². The predicted octanol–water partition coefficient (Wildman–Crippen LogP) is 3.04. The van der Waals surface area contributed by atoms with E-state index in [1.54, 1.807) is 6.07 Å². The second-order valence-electron chi connectivity index (χ2n) is 4.81. The van der Waals surface area contributed by atoms with Gasteiger partial charge in [0.1, 0.15) is 18.1 Å². The summed E-state index contributed by atoms with van der Waals surface area (Å²) in [5, 5.41) is 15.1. The summed E-state index contributed by atoms with van der Waals surface area (Å²) in [6.45, 7) is 4.23.